The molecule has 202 valence electrons. The van der Waals surface area contributed by atoms with Gasteiger partial charge >= 0.3 is 0 Å². The van der Waals surface area contributed by atoms with Gasteiger partial charge in [-0.3, -0.25) is 19.2 Å². The molecule has 2 N–H and O–H groups in total. The third-order valence-corrected chi connectivity index (χ3v) is 6.71. The van der Waals surface area contributed by atoms with Crippen LogP contribution in [0.25, 0.3) is 11.3 Å². The zero-order valence-corrected chi connectivity index (χ0v) is 22.7. The SMILES string of the molecule is CCCCCC(CN(C=O)OCc1ccccc1)C(=O)NCNC(=O)c1ccc(-c2cccc(SC)c2)o1. The lowest BCUT2D eigenvalue weighted by Gasteiger charge is -2.23. The van der Waals surface area contributed by atoms with E-state index in [1.165, 1.54) is 0 Å². The summed E-state index contributed by atoms with van der Waals surface area (Å²) in [6.07, 6.45) is 6.03. The van der Waals surface area contributed by atoms with E-state index in [1.807, 2.05) is 60.9 Å². The molecule has 0 fully saturated rings. The molecule has 9 heteroatoms. The predicted octanol–water partition coefficient (Wildman–Crippen LogP) is 5.26. The minimum Gasteiger partial charge on any atom is -0.451 e. The van der Waals surface area contributed by atoms with Crippen LogP contribution in [0.2, 0.25) is 0 Å². The van der Waals surface area contributed by atoms with Crippen LogP contribution in [0.3, 0.4) is 0 Å². The molecular weight excluding hydrogens is 502 g/mol. The lowest BCUT2D eigenvalue weighted by molar-refractivity contribution is -0.182. The molecular formula is C29H35N3O5S. The van der Waals surface area contributed by atoms with Crippen LogP contribution in [-0.4, -0.2) is 42.8 Å². The highest BCUT2D eigenvalue weighted by Crippen LogP contribution is 2.26. The molecule has 0 saturated carbocycles. The molecule has 0 aliphatic carbocycles. The Hall–Kier alpha value is -3.56. The molecule has 3 amide bonds. The van der Waals surface area contributed by atoms with Gasteiger partial charge in [0, 0.05) is 10.5 Å². The summed E-state index contributed by atoms with van der Waals surface area (Å²) in [5, 5.41) is 6.59. The second-order valence-electron chi connectivity index (χ2n) is 8.78. The lowest BCUT2D eigenvalue weighted by Crippen LogP contribution is -2.43. The van der Waals surface area contributed by atoms with Gasteiger partial charge in [-0.25, -0.2) is 5.06 Å². The van der Waals surface area contributed by atoms with Crippen molar-refractivity contribution in [3.05, 3.63) is 78.1 Å². The van der Waals surface area contributed by atoms with E-state index in [9.17, 15) is 14.4 Å². The molecule has 2 aromatic carbocycles. The summed E-state index contributed by atoms with van der Waals surface area (Å²) in [5.74, 6) is -0.412. The van der Waals surface area contributed by atoms with E-state index in [2.05, 4.69) is 17.6 Å². The Morgan fingerprint density at radius 2 is 1.87 bits per heavy atom. The van der Waals surface area contributed by atoms with Crippen molar-refractivity contribution in [3.63, 3.8) is 0 Å². The van der Waals surface area contributed by atoms with Crippen molar-refractivity contribution in [1.29, 1.82) is 0 Å². The third-order valence-electron chi connectivity index (χ3n) is 5.98. The number of hydrogen-bond donors (Lipinski definition) is 2. The van der Waals surface area contributed by atoms with Crippen LogP contribution in [-0.2, 0) is 21.0 Å². The zero-order chi connectivity index (χ0) is 27.2. The van der Waals surface area contributed by atoms with Crippen LogP contribution in [0.15, 0.2) is 76.0 Å². The Kier molecular flexibility index (Phi) is 11.9. The number of hydroxylamine groups is 2. The van der Waals surface area contributed by atoms with Gasteiger partial charge in [-0.1, -0.05) is 68.7 Å². The first-order valence-corrected chi connectivity index (χ1v) is 14.0. The van der Waals surface area contributed by atoms with Crippen LogP contribution in [0, 0.1) is 5.92 Å². The second kappa shape index (κ2) is 15.6. The van der Waals surface area contributed by atoms with Crippen molar-refractivity contribution in [2.75, 3.05) is 19.5 Å². The molecule has 0 spiro atoms. The van der Waals surface area contributed by atoms with Crippen LogP contribution in [0.1, 0.15) is 48.7 Å². The third kappa shape index (κ3) is 9.08. The summed E-state index contributed by atoms with van der Waals surface area (Å²) >= 11 is 1.63. The first-order chi connectivity index (χ1) is 18.5. The maximum Gasteiger partial charge on any atom is 0.288 e. The number of carbonyl (C=O) groups is 3. The van der Waals surface area contributed by atoms with Gasteiger partial charge < -0.3 is 15.1 Å². The minimum absolute atomic E-state index is 0.0636. The van der Waals surface area contributed by atoms with Crippen molar-refractivity contribution < 1.29 is 23.6 Å². The Morgan fingerprint density at radius 1 is 1.05 bits per heavy atom. The maximum atomic E-state index is 12.9. The van der Waals surface area contributed by atoms with Crippen LogP contribution in [0.5, 0.6) is 0 Å². The summed E-state index contributed by atoms with van der Waals surface area (Å²) in [7, 11) is 0. The minimum atomic E-state index is -0.474. The number of nitrogens with zero attached hydrogens (tertiary/aromatic N) is 1. The van der Waals surface area contributed by atoms with Crippen molar-refractivity contribution in [3.8, 4) is 11.3 Å². The smallest absolute Gasteiger partial charge is 0.288 e. The molecule has 1 unspecified atom stereocenters. The topological polar surface area (TPSA) is 101 Å². The second-order valence-corrected chi connectivity index (χ2v) is 9.66. The molecule has 1 aromatic heterocycles. The average molecular weight is 538 g/mol. The van der Waals surface area contributed by atoms with E-state index in [1.54, 1.807) is 23.9 Å². The molecule has 3 rings (SSSR count). The van der Waals surface area contributed by atoms with Gasteiger partial charge in [0.25, 0.3) is 5.91 Å². The Morgan fingerprint density at radius 3 is 2.61 bits per heavy atom. The number of thioether (sulfide) groups is 1. The van der Waals surface area contributed by atoms with E-state index in [-0.39, 0.29) is 31.5 Å². The summed E-state index contributed by atoms with van der Waals surface area (Å²) in [5.41, 5.74) is 1.81. The molecule has 38 heavy (non-hydrogen) atoms. The fourth-order valence-corrected chi connectivity index (χ4v) is 4.32. The highest BCUT2D eigenvalue weighted by atomic mass is 32.2. The maximum absolute atomic E-state index is 12.9. The molecule has 0 saturated heterocycles. The molecule has 0 aliphatic rings. The molecule has 0 bridgehead atoms. The van der Waals surface area contributed by atoms with Crippen molar-refractivity contribution in [2.24, 2.45) is 5.92 Å². The Bertz CT molecular complexity index is 1170. The van der Waals surface area contributed by atoms with Gasteiger partial charge in [0.2, 0.25) is 12.3 Å². The normalized spacial score (nSPS) is 11.5. The molecule has 0 radical (unpaired) electrons. The van der Waals surface area contributed by atoms with E-state index >= 15 is 0 Å². The number of amides is 3. The molecule has 0 aliphatic heterocycles. The van der Waals surface area contributed by atoms with E-state index in [0.29, 0.717) is 18.6 Å². The molecule has 1 heterocycles. The first-order valence-electron chi connectivity index (χ1n) is 12.7. The lowest BCUT2D eigenvalue weighted by atomic mass is 10.0. The standard InChI is InChI=1S/C29H35N3O5S/c1-3-4-6-12-24(18-32(21-33)36-19-22-10-7-5-8-11-22)28(34)30-20-31-29(35)27-16-15-26(37-27)23-13-9-14-25(17-23)38-2/h5,7-11,13-17,21,24H,3-4,6,12,18-20H2,1-2H3,(H,30,34)(H,31,35). The highest BCUT2D eigenvalue weighted by molar-refractivity contribution is 7.98. The molecule has 1 atom stereocenters. The van der Waals surface area contributed by atoms with Crippen LogP contribution < -0.4 is 10.6 Å². The van der Waals surface area contributed by atoms with E-state index < -0.39 is 11.8 Å². The first kappa shape index (κ1) is 29.0. The number of hydrogen-bond acceptors (Lipinski definition) is 6. The van der Waals surface area contributed by atoms with Gasteiger partial charge in [-0.15, -0.1) is 11.8 Å². The van der Waals surface area contributed by atoms with E-state index in [0.717, 1.165) is 40.3 Å². The van der Waals surface area contributed by atoms with Crippen molar-refractivity contribution >= 4 is 30.0 Å². The Labute approximate surface area is 228 Å². The fraction of sp³-hybridized carbons (Fsp3) is 0.345. The van der Waals surface area contributed by atoms with Gasteiger partial charge in [-0.2, -0.15) is 0 Å². The summed E-state index contributed by atoms with van der Waals surface area (Å²) in [4.78, 5) is 43.9. The molecule has 3 aromatic rings. The van der Waals surface area contributed by atoms with E-state index in [4.69, 9.17) is 9.25 Å². The Balaban J connectivity index is 1.52. The van der Waals surface area contributed by atoms with Crippen LogP contribution in [0.4, 0.5) is 0 Å². The monoisotopic (exact) mass is 537 g/mol. The summed E-state index contributed by atoms with van der Waals surface area (Å²) in [6.45, 7) is 2.37. The number of nitrogens with one attached hydrogen (secondary N) is 2. The van der Waals surface area contributed by atoms with Gasteiger partial charge in [-0.05, 0) is 42.5 Å². The number of rotatable bonds is 16. The number of unbranched alkanes of at least 4 members (excludes halogenated alkanes) is 2. The summed E-state index contributed by atoms with van der Waals surface area (Å²) < 4.78 is 5.74. The number of carbonyl (C=O) groups excluding carboxylic acids is 3. The average Bonchev–Trinajstić information content (AvgIpc) is 3.45. The van der Waals surface area contributed by atoms with Crippen LogP contribution >= 0.6 is 11.8 Å². The predicted molar refractivity (Wildman–Crippen MR) is 148 cm³/mol. The number of benzene rings is 2. The van der Waals surface area contributed by atoms with Gasteiger partial charge in [0.05, 0.1) is 19.1 Å². The molecule has 8 nitrogen and oxygen atoms in total. The van der Waals surface area contributed by atoms with Gasteiger partial charge in [0.15, 0.2) is 5.76 Å². The zero-order valence-electron chi connectivity index (χ0n) is 21.9. The van der Waals surface area contributed by atoms with Crippen molar-refractivity contribution in [1.82, 2.24) is 15.7 Å². The van der Waals surface area contributed by atoms with Gasteiger partial charge in [0.1, 0.15) is 12.4 Å². The van der Waals surface area contributed by atoms with Crippen molar-refractivity contribution in [2.45, 2.75) is 44.1 Å². The highest BCUT2D eigenvalue weighted by Gasteiger charge is 2.22. The number of furan rings is 1. The fourth-order valence-electron chi connectivity index (χ4n) is 3.86. The summed E-state index contributed by atoms with van der Waals surface area (Å²) in [6, 6.07) is 20.7. The quantitative estimate of drug-likeness (QED) is 0.0850. The largest absolute Gasteiger partial charge is 0.451 e.